The van der Waals surface area contributed by atoms with E-state index in [0.29, 0.717) is 6.54 Å². The second-order valence-corrected chi connectivity index (χ2v) is 6.28. The maximum atomic E-state index is 11.3. The lowest BCUT2D eigenvalue weighted by atomic mass is 10.1. The molecule has 0 N–H and O–H groups in total. The lowest BCUT2D eigenvalue weighted by Crippen LogP contribution is -2.01. The predicted octanol–water partition coefficient (Wildman–Crippen LogP) is 4.48. The highest BCUT2D eigenvalue weighted by Gasteiger charge is 2.09. The zero-order valence-corrected chi connectivity index (χ0v) is 15.5. The molecule has 5 nitrogen and oxygen atoms in total. The summed E-state index contributed by atoms with van der Waals surface area (Å²) in [6.07, 6.45) is 12.6. The Bertz CT molecular complexity index is 620. The number of methoxy groups -OCH3 is 1. The quantitative estimate of drug-likeness (QED) is 0.494. The Kier molecular flexibility index (Phi) is 8.76. The molecule has 1 aromatic rings. The number of esters is 1. The molecule has 0 bridgehead atoms. The molecule has 5 heteroatoms. The number of ether oxygens (including phenoxy) is 1. The van der Waals surface area contributed by atoms with Crippen LogP contribution in [0.15, 0.2) is 41.1 Å². The highest BCUT2D eigenvalue weighted by atomic mass is 16.5. The van der Waals surface area contributed by atoms with Crippen LogP contribution in [0.3, 0.4) is 0 Å². The van der Waals surface area contributed by atoms with Crippen molar-refractivity contribution in [3.8, 4) is 0 Å². The van der Waals surface area contributed by atoms with Gasteiger partial charge in [0.15, 0.2) is 5.69 Å². The molecule has 0 saturated carbocycles. The van der Waals surface area contributed by atoms with Gasteiger partial charge >= 0.3 is 5.97 Å². The van der Waals surface area contributed by atoms with Gasteiger partial charge in [-0.1, -0.05) is 40.2 Å². The minimum atomic E-state index is -0.462. The zero-order valence-electron chi connectivity index (χ0n) is 15.5. The van der Waals surface area contributed by atoms with Gasteiger partial charge in [-0.2, -0.15) is 0 Å². The molecule has 24 heavy (non-hydrogen) atoms. The van der Waals surface area contributed by atoms with Crippen LogP contribution in [-0.4, -0.2) is 28.1 Å². The molecule has 0 aliphatic rings. The molecule has 0 fully saturated rings. The van der Waals surface area contributed by atoms with Crippen molar-refractivity contribution in [3.63, 3.8) is 0 Å². The zero-order chi connectivity index (χ0) is 17.9. The van der Waals surface area contributed by atoms with Crippen LogP contribution in [0.1, 0.15) is 63.9 Å². The Morgan fingerprint density at radius 2 is 1.71 bits per heavy atom. The molecule has 132 valence electrons. The van der Waals surface area contributed by atoms with Gasteiger partial charge < -0.3 is 4.74 Å². The predicted molar refractivity (Wildman–Crippen MR) is 96.8 cm³/mol. The minimum Gasteiger partial charge on any atom is -0.464 e. The molecular weight excluding hydrogens is 302 g/mol. The Morgan fingerprint density at radius 3 is 2.33 bits per heavy atom. The van der Waals surface area contributed by atoms with Gasteiger partial charge in [0.1, 0.15) is 0 Å². The van der Waals surface area contributed by atoms with Crippen molar-refractivity contribution in [1.29, 1.82) is 0 Å². The van der Waals surface area contributed by atoms with Crippen LogP contribution < -0.4 is 0 Å². The van der Waals surface area contributed by atoms with Gasteiger partial charge in [-0.15, -0.1) is 5.10 Å². The molecule has 1 aromatic heterocycles. The van der Waals surface area contributed by atoms with Crippen molar-refractivity contribution < 1.29 is 9.53 Å². The molecule has 0 unspecified atom stereocenters. The van der Waals surface area contributed by atoms with Crippen LogP contribution in [0.5, 0.6) is 0 Å². The second-order valence-electron chi connectivity index (χ2n) is 6.28. The number of hydrogen-bond acceptors (Lipinski definition) is 4. The van der Waals surface area contributed by atoms with Crippen LogP contribution in [0.4, 0.5) is 0 Å². The molecule has 0 aliphatic heterocycles. The molecule has 0 atom stereocenters. The third-order valence-corrected chi connectivity index (χ3v) is 3.68. The third kappa shape index (κ3) is 7.90. The number of rotatable bonds is 9. The molecular formula is C19H29N3O2. The van der Waals surface area contributed by atoms with Gasteiger partial charge in [-0.3, -0.25) is 0 Å². The smallest absolute Gasteiger partial charge is 0.360 e. The Labute approximate surface area is 145 Å². The maximum absolute atomic E-state index is 11.3. The second kappa shape index (κ2) is 10.6. The van der Waals surface area contributed by atoms with Crippen molar-refractivity contribution >= 4 is 5.97 Å². The number of hydrogen-bond donors (Lipinski definition) is 0. The highest BCUT2D eigenvalue weighted by Crippen LogP contribution is 2.11. The average molecular weight is 331 g/mol. The van der Waals surface area contributed by atoms with E-state index in [2.05, 4.69) is 61.0 Å². The summed E-state index contributed by atoms with van der Waals surface area (Å²) in [5.74, 6) is -0.462. The van der Waals surface area contributed by atoms with Crippen molar-refractivity contribution in [3.05, 3.63) is 46.8 Å². The minimum absolute atomic E-state index is 0.235. The number of aromatic nitrogens is 3. The number of carbonyl (C=O) groups is 1. The molecule has 0 radical (unpaired) electrons. The van der Waals surface area contributed by atoms with E-state index in [1.54, 1.807) is 10.9 Å². The molecule has 0 aliphatic carbocycles. The van der Waals surface area contributed by atoms with Crippen LogP contribution in [0, 0.1) is 0 Å². The van der Waals surface area contributed by atoms with E-state index >= 15 is 0 Å². The lowest BCUT2D eigenvalue weighted by Gasteiger charge is -2.02. The van der Waals surface area contributed by atoms with E-state index in [0.717, 1.165) is 25.7 Å². The molecule has 0 spiro atoms. The van der Waals surface area contributed by atoms with Gasteiger partial charge in [0, 0.05) is 0 Å². The van der Waals surface area contributed by atoms with Gasteiger partial charge in [0.05, 0.1) is 19.9 Å². The summed E-state index contributed by atoms with van der Waals surface area (Å²) in [4.78, 5) is 11.3. The summed E-state index contributed by atoms with van der Waals surface area (Å²) in [5.41, 5.74) is 4.36. The summed E-state index contributed by atoms with van der Waals surface area (Å²) in [7, 11) is 1.33. The fourth-order valence-electron chi connectivity index (χ4n) is 2.17. The Balaban J connectivity index is 2.38. The third-order valence-electron chi connectivity index (χ3n) is 3.68. The molecule has 1 heterocycles. The van der Waals surface area contributed by atoms with Crippen molar-refractivity contribution in [2.75, 3.05) is 7.11 Å². The summed E-state index contributed by atoms with van der Waals surface area (Å²) in [6.45, 7) is 9.19. The lowest BCUT2D eigenvalue weighted by molar-refractivity contribution is 0.0594. The molecule has 0 aromatic carbocycles. The van der Waals surface area contributed by atoms with Crippen molar-refractivity contribution in [2.45, 2.75) is 59.9 Å². The summed E-state index contributed by atoms with van der Waals surface area (Å²) in [5, 5.41) is 7.70. The highest BCUT2D eigenvalue weighted by molar-refractivity contribution is 5.86. The topological polar surface area (TPSA) is 57.0 Å². The van der Waals surface area contributed by atoms with Crippen LogP contribution in [-0.2, 0) is 11.3 Å². The normalized spacial score (nSPS) is 12.2. The van der Waals surface area contributed by atoms with Crippen molar-refractivity contribution in [2.24, 2.45) is 0 Å². The van der Waals surface area contributed by atoms with Gasteiger partial charge in [0.25, 0.3) is 0 Å². The summed E-state index contributed by atoms with van der Waals surface area (Å²) >= 11 is 0. The van der Waals surface area contributed by atoms with Crippen molar-refractivity contribution in [1.82, 2.24) is 15.0 Å². The van der Waals surface area contributed by atoms with Gasteiger partial charge in [-0.05, 0) is 53.4 Å². The summed E-state index contributed by atoms with van der Waals surface area (Å²) in [6, 6.07) is 0. The first-order valence-electron chi connectivity index (χ1n) is 8.35. The van der Waals surface area contributed by atoms with E-state index in [1.165, 1.54) is 23.8 Å². The SMILES string of the molecule is COC(=O)c1cn(C/C=C(\C)CC/C=C(\C)CCC=C(C)C)nn1. The number of nitrogens with zero attached hydrogens (tertiary/aromatic N) is 3. The monoisotopic (exact) mass is 331 g/mol. The van der Waals surface area contributed by atoms with E-state index in [-0.39, 0.29) is 5.69 Å². The van der Waals surface area contributed by atoms with E-state index in [9.17, 15) is 4.79 Å². The van der Waals surface area contributed by atoms with Crippen LogP contribution in [0.2, 0.25) is 0 Å². The first-order valence-corrected chi connectivity index (χ1v) is 8.35. The number of allylic oxidation sites excluding steroid dienone is 6. The molecule has 0 saturated heterocycles. The van der Waals surface area contributed by atoms with E-state index in [1.807, 2.05) is 0 Å². The summed E-state index contributed by atoms with van der Waals surface area (Å²) < 4.78 is 6.25. The average Bonchev–Trinajstić information content (AvgIpc) is 3.00. The fourth-order valence-corrected chi connectivity index (χ4v) is 2.17. The fraction of sp³-hybridized carbons (Fsp3) is 0.526. The van der Waals surface area contributed by atoms with Crippen LogP contribution in [0.25, 0.3) is 0 Å². The molecule has 1 rings (SSSR count). The first-order chi connectivity index (χ1) is 11.4. The number of carbonyl (C=O) groups excluding carboxylic acids is 1. The van der Waals surface area contributed by atoms with Crippen LogP contribution >= 0.6 is 0 Å². The van der Waals surface area contributed by atoms with E-state index < -0.39 is 5.97 Å². The first kappa shape index (κ1) is 19.9. The van der Waals surface area contributed by atoms with Gasteiger partial charge in [0.2, 0.25) is 0 Å². The van der Waals surface area contributed by atoms with Gasteiger partial charge in [-0.25, -0.2) is 9.48 Å². The Hall–Kier alpha value is -2.17. The largest absolute Gasteiger partial charge is 0.464 e. The Morgan fingerprint density at radius 1 is 1.08 bits per heavy atom. The molecule has 0 amide bonds. The standard InChI is InChI=1S/C19H29N3O2/c1-15(2)8-6-9-16(3)10-7-11-17(4)12-13-22-14-18(20-21-22)19(23)24-5/h8,10,12,14H,6-7,9,11,13H2,1-5H3/b16-10+,17-12+. The van der Waals surface area contributed by atoms with E-state index in [4.69, 9.17) is 0 Å². The maximum Gasteiger partial charge on any atom is 0.360 e.